The molecule has 1 atom stereocenters. The van der Waals surface area contributed by atoms with Crippen LogP contribution in [0, 0.1) is 34.9 Å². The molecule has 1 aliphatic carbocycles. The van der Waals surface area contributed by atoms with E-state index >= 15 is 13.2 Å². The molecular weight excluding hydrogens is 619 g/mol. The fourth-order valence-corrected chi connectivity index (χ4v) is 20.7. The lowest BCUT2D eigenvalue weighted by molar-refractivity contribution is 0.375. The number of fused-ring (bicyclic) bond motifs is 1. The van der Waals surface area contributed by atoms with Crippen LogP contribution in [0.5, 0.6) is 5.75 Å². The summed E-state index contributed by atoms with van der Waals surface area (Å²) in [5.74, 6) is -11.0. The van der Waals surface area contributed by atoms with Gasteiger partial charge in [-0.15, -0.1) is 0 Å². The zero-order chi connectivity index (χ0) is 33.7. The van der Waals surface area contributed by atoms with Gasteiger partial charge in [-0.1, -0.05) is 136 Å². The van der Waals surface area contributed by atoms with Gasteiger partial charge in [0.25, 0.3) is 8.32 Å². The summed E-state index contributed by atoms with van der Waals surface area (Å²) in [5, 5.41) is -2.47. The first-order valence-corrected chi connectivity index (χ1v) is 22.2. The molecule has 1 fully saturated rings. The van der Waals surface area contributed by atoms with Gasteiger partial charge < -0.3 is 4.43 Å². The Bertz CT molecular complexity index is 1250. The number of halogens is 6. The molecule has 1 unspecified atom stereocenters. The van der Waals surface area contributed by atoms with Gasteiger partial charge in [0.2, 0.25) is 5.82 Å². The van der Waals surface area contributed by atoms with Crippen LogP contribution < -0.4 is 4.43 Å². The molecule has 2 aromatic rings. The second-order valence-electron chi connectivity index (χ2n) is 14.9. The summed E-state index contributed by atoms with van der Waals surface area (Å²) >= 11 is 0. The van der Waals surface area contributed by atoms with Crippen molar-refractivity contribution in [3.05, 3.63) is 41.0 Å². The van der Waals surface area contributed by atoms with Gasteiger partial charge in [0.1, 0.15) is 5.82 Å². The fraction of sp³-hybridized carbons (Fsp3) is 0.722. The average molecular weight is 675 g/mol. The first-order chi connectivity index (χ1) is 21.1. The molecule has 9 heteroatoms. The lowest BCUT2D eigenvalue weighted by Gasteiger charge is -2.44. The summed E-state index contributed by atoms with van der Waals surface area (Å²) in [6, 6.07) is 2.09. The molecule has 1 saturated carbocycles. The molecule has 0 bridgehead atoms. The molecule has 0 N–H and O–H groups in total. The monoisotopic (exact) mass is 674 g/mol. The molecule has 45 heavy (non-hydrogen) atoms. The highest BCUT2D eigenvalue weighted by Crippen LogP contribution is 2.49. The van der Waals surface area contributed by atoms with Crippen molar-refractivity contribution in [1.29, 1.82) is 0 Å². The highest BCUT2D eigenvalue weighted by Gasteiger charge is 2.49. The van der Waals surface area contributed by atoms with Gasteiger partial charge in [-0.3, -0.25) is 0 Å². The van der Waals surface area contributed by atoms with E-state index in [4.69, 9.17) is 4.43 Å². The van der Waals surface area contributed by atoms with Crippen LogP contribution in [0.1, 0.15) is 126 Å². The minimum Gasteiger partial charge on any atom is -0.539 e. The predicted octanol–water partition coefficient (Wildman–Crippen LogP) is 13.8. The van der Waals surface area contributed by atoms with Gasteiger partial charge in [0.05, 0.1) is 18.8 Å². The Morgan fingerprint density at radius 3 is 1.60 bits per heavy atom. The third-order valence-corrected chi connectivity index (χ3v) is 24.7. The smallest absolute Gasteiger partial charge is 0.257 e. The molecule has 0 aliphatic heterocycles. The molecule has 0 saturated heterocycles. The zero-order valence-corrected chi connectivity index (χ0v) is 30.8. The molecule has 1 aliphatic rings. The van der Waals surface area contributed by atoms with Crippen LogP contribution in [-0.2, 0) is 0 Å². The van der Waals surface area contributed by atoms with E-state index in [1.807, 2.05) is 13.8 Å². The van der Waals surface area contributed by atoms with E-state index in [1.165, 1.54) is 18.9 Å². The topological polar surface area (TPSA) is 9.23 Å². The molecule has 3 rings (SSSR count). The zero-order valence-electron chi connectivity index (χ0n) is 28.8. The van der Waals surface area contributed by atoms with Crippen molar-refractivity contribution < 1.29 is 30.8 Å². The number of rotatable bonds is 16. The summed E-state index contributed by atoms with van der Waals surface area (Å²) in [4.78, 5) is 0. The molecule has 1 nitrogen and oxygen atoms in total. The van der Waals surface area contributed by atoms with Crippen molar-refractivity contribution in [2.24, 2.45) is 0 Å². The van der Waals surface area contributed by atoms with Crippen molar-refractivity contribution in [3.63, 3.8) is 0 Å². The SMILES string of the molecule is CC(C)[Si](CCCCCCCC[Si](C(C)C)(C(C)C)C(C)C)(Oc1c(F)c(F)c2c(F)cc(F)c(F)c2c1F)C1CCCCC1. The molecule has 256 valence electrons. The van der Waals surface area contributed by atoms with E-state index in [1.54, 1.807) is 0 Å². The van der Waals surface area contributed by atoms with Gasteiger partial charge in [-0.2, -0.15) is 4.39 Å². The summed E-state index contributed by atoms with van der Waals surface area (Å²) in [5.41, 5.74) is 2.30. The van der Waals surface area contributed by atoms with Gasteiger partial charge in [0, 0.05) is 6.07 Å². The summed E-state index contributed by atoms with van der Waals surface area (Å²) < 4.78 is 96.0. The van der Waals surface area contributed by atoms with Crippen LogP contribution >= 0.6 is 0 Å². The predicted molar refractivity (Wildman–Crippen MR) is 180 cm³/mol. The van der Waals surface area contributed by atoms with E-state index in [0.29, 0.717) is 6.04 Å². The van der Waals surface area contributed by atoms with E-state index in [-0.39, 0.29) is 17.1 Å². The second-order valence-corrected chi connectivity index (χ2v) is 25.7. The van der Waals surface area contributed by atoms with Crippen molar-refractivity contribution in [2.45, 2.75) is 166 Å². The highest BCUT2D eigenvalue weighted by molar-refractivity contribution is 6.83. The number of benzene rings is 2. The number of unbranched alkanes of at least 4 members (excludes halogenated alkanes) is 5. The molecule has 0 amide bonds. The summed E-state index contributed by atoms with van der Waals surface area (Å²) in [7, 11) is -4.42. The largest absolute Gasteiger partial charge is 0.539 e. The maximum atomic E-state index is 15.8. The van der Waals surface area contributed by atoms with E-state index in [0.717, 1.165) is 74.4 Å². The third-order valence-electron chi connectivity index (χ3n) is 11.4. The van der Waals surface area contributed by atoms with Crippen molar-refractivity contribution in [2.75, 3.05) is 0 Å². The Hall–Kier alpha value is -1.49. The quantitative estimate of drug-likeness (QED) is 0.0745. The first kappa shape index (κ1) is 38.0. The Labute approximate surface area is 270 Å². The molecular formula is C36H56F6OSi2. The van der Waals surface area contributed by atoms with Crippen molar-refractivity contribution >= 4 is 27.2 Å². The minimum absolute atomic E-state index is 0.0616. The van der Waals surface area contributed by atoms with Crippen LogP contribution in [0.2, 0.25) is 39.8 Å². The molecule has 0 aromatic heterocycles. The Kier molecular flexibility index (Phi) is 13.6. The van der Waals surface area contributed by atoms with Crippen molar-refractivity contribution in [3.8, 4) is 5.75 Å². The Morgan fingerprint density at radius 1 is 0.578 bits per heavy atom. The van der Waals surface area contributed by atoms with E-state index < -0.39 is 67.8 Å². The van der Waals surface area contributed by atoms with Crippen LogP contribution in [0.25, 0.3) is 10.8 Å². The standard InChI is InChI=1S/C36H56F6OSi2/c1-23(2)44(24(3)4,25(5)6)20-16-11-9-10-12-17-21-45(26(7)8,27-18-14-13-15-19-27)43-36-34(41)31-30(33(40)35(36)42)28(37)22-29(38)32(31)39/h22-27H,9-21H2,1-8H3. The highest BCUT2D eigenvalue weighted by atomic mass is 28.4. The van der Waals surface area contributed by atoms with Gasteiger partial charge in [0.15, 0.2) is 29.0 Å². The molecule has 0 radical (unpaired) electrons. The maximum absolute atomic E-state index is 15.8. The van der Waals surface area contributed by atoms with Crippen LogP contribution in [-0.4, -0.2) is 16.4 Å². The van der Waals surface area contributed by atoms with Crippen molar-refractivity contribution in [1.82, 2.24) is 0 Å². The summed E-state index contributed by atoms with van der Waals surface area (Å²) in [6.45, 7) is 18.4. The summed E-state index contributed by atoms with van der Waals surface area (Å²) in [6.07, 6.45) is 11.2. The minimum atomic E-state index is -3.02. The van der Waals surface area contributed by atoms with Crippen LogP contribution in [0.3, 0.4) is 0 Å². The molecule has 2 aromatic carbocycles. The van der Waals surface area contributed by atoms with Crippen LogP contribution in [0.4, 0.5) is 26.3 Å². The molecule has 0 heterocycles. The maximum Gasteiger partial charge on any atom is 0.257 e. The van der Waals surface area contributed by atoms with E-state index in [2.05, 4.69) is 41.5 Å². The Morgan fingerprint density at radius 2 is 1.09 bits per heavy atom. The number of hydrogen-bond donors (Lipinski definition) is 0. The first-order valence-electron chi connectivity index (χ1n) is 17.5. The lowest BCUT2D eigenvalue weighted by atomic mass is 10.0. The normalized spacial score (nSPS) is 16.5. The van der Waals surface area contributed by atoms with Crippen LogP contribution in [0.15, 0.2) is 6.07 Å². The van der Waals surface area contributed by atoms with E-state index in [9.17, 15) is 13.2 Å². The number of hydrogen-bond acceptors (Lipinski definition) is 1. The second kappa shape index (κ2) is 16.1. The molecule has 0 spiro atoms. The fourth-order valence-electron chi connectivity index (χ4n) is 8.93. The average Bonchev–Trinajstić information content (AvgIpc) is 2.97. The lowest BCUT2D eigenvalue weighted by Crippen LogP contribution is -2.50. The van der Waals surface area contributed by atoms with Gasteiger partial charge in [-0.05, 0) is 30.0 Å². The third kappa shape index (κ3) is 7.81. The Balaban J connectivity index is 1.79. The van der Waals surface area contributed by atoms with Gasteiger partial charge in [-0.25, -0.2) is 22.0 Å². The van der Waals surface area contributed by atoms with Gasteiger partial charge >= 0.3 is 0 Å².